The molecule has 0 fully saturated rings. The third-order valence-corrected chi connectivity index (χ3v) is 5.49. The van der Waals surface area contributed by atoms with Gasteiger partial charge in [-0.1, -0.05) is 0 Å². The molecular weight excluding hydrogens is 368 g/mol. The average molecular weight is 392 g/mol. The van der Waals surface area contributed by atoms with Crippen LogP contribution in [0, 0.1) is 20.8 Å². The minimum absolute atomic E-state index is 0.160. The van der Waals surface area contributed by atoms with E-state index >= 15 is 0 Å². The molecule has 0 bridgehead atoms. The van der Waals surface area contributed by atoms with Crippen molar-refractivity contribution in [2.24, 2.45) is 14.1 Å². The molecule has 1 amide bonds. The van der Waals surface area contributed by atoms with Crippen LogP contribution in [-0.4, -0.2) is 52.0 Å². The van der Waals surface area contributed by atoms with Crippen LogP contribution in [0.15, 0.2) is 24.5 Å². The fraction of sp³-hybridized carbons (Fsp3) is 0.350. The summed E-state index contributed by atoms with van der Waals surface area (Å²) in [5.41, 5.74) is 6.82. The van der Waals surface area contributed by atoms with Gasteiger partial charge in [-0.15, -0.1) is 0 Å². The molecule has 0 aliphatic rings. The molecule has 4 heterocycles. The lowest BCUT2D eigenvalue weighted by Crippen LogP contribution is -2.27. The Balaban J connectivity index is 1.68. The molecule has 0 atom stereocenters. The molecular formula is C20H24N8O. The van der Waals surface area contributed by atoms with Crippen LogP contribution >= 0.6 is 0 Å². The van der Waals surface area contributed by atoms with Gasteiger partial charge in [-0.2, -0.15) is 15.3 Å². The Morgan fingerprint density at radius 1 is 1.10 bits per heavy atom. The van der Waals surface area contributed by atoms with E-state index < -0.39 is 0 Å². The van der Waals surface area contributed by atoms with Gasteiger partial charge in [0.05, 0.1) is 17.6 Å². The topological polar surface area (TPSA) is 86.1 Å². The van der Waals surface area contributed by atoms with Crippen LogP contribution in [0.2, 0.25) is 0 Å². The van der Waals surface area contributed by atoms with E-state index in [4.69, 9.17) is 0 Å². The first-order chi connectivity index (χ1) is 13.8. The van der Waals surface area contributed by atoms with Gasteiger partial charge in [-0.05, 0) is 26.8 Å². The predicted molar refractivity (Wildman–Crippen MR) is 108 cm³/mol. The van der Waals surface area contributed by atoms with Crippen LogP contribution in [0.5, 0.6) is 0 Å². The molecule has 0 unspecified atom stereocenters. The molecule has 4 aromatic rings. The number of hydrogen-bond acceptors (Lipinski definition) is 5. The van der Waals surface area contributed by atoms with Gasteiger partial charge < -0.3 is 4.90 Å². The van der Waals surface area contributed by atoms with E-state index in [0.29, 0.717) is 17.9 Å². The highest BCUT2D eigenvalue weighted by atomic mass is 16.2. The summed E-state index contributed by atoms with van der Waals surface area (Å²) >= 11 is 0. The summed E-state index contributed by atoms with van der Waals surface area (Å²) in [6.45, 7) is 6.43. The molecule has 0 aliphatic heterocycles. The first-order valence-electron chi connectivity index (χ1n) is 9.36. The molecule has 150 valence electrons. The summed E-state index contributed by atoms with van der Waals surface area (Å²) in [4.78, 5) is 19.1. The number of rotatable bonds is 4. The zero-order valence-electron chi connectivity index (χ0n) is 17.5. The third-order valence-electron chi connectivity index (χ3n) is 5.49. The van der Waals surface area contributed by atoms with Gasteiger partial charge >= 0.3 is 0 Å². The molecule has 4 rings (SSSR count). The van der Waals surface area contributed by atoms with Crippen LogP contribution in [0.1, 0.15) is 33.1 Å². The van der Waals surface area contributed by atoms with Gasteiger partial charge in [-0.3, -0.25) is 14.2 Å². The quantitative estimate of drug-likeness (QED) is 0.531. The summed E-state index contributed by atoms with van der Waals surface area (Å²) in [6, 6.07) is 3.60. The lowest BCUT2D eigenvalue weighted by molar-refractivity contribution is 0.0778. The Labute approximate surface area is 168 Å². The number of amides is 1. The van der Waals surface area contributed by atoms with Crippen molar-refractivity contribution in [1.29, 1.82) is 0 Å². The monoisotopic (exact) mass is 392 g/mol. The van der Waals surface area contributed by atoms with Gasteiger partial charge in [0.15, 0.2) is 11.3 Å². The summed E-state index contributed by atoms with van der Waals surface area (Å²) in [5, 5.41) is 13.3. The molecule has 0 saturated heterocycles. The normalized spacial score (nSPS) is 11.4. The molecule has 0 radical (unpaired) electrons. The number of carbonyl (C=O) groups excluding carboxylic acids is 1. The van der Waals surface area contributed by atoms with E-state index in [1.807, 2.05) is 50.3 Å². The van der Waals surface area contributed by atoms with Crippen LogP contribution in [0.25, 0.3) is 16.9 Å². The van der Waals surface area contributed by atoms with E-state index in [2.05, 4.69) is 20.3 Å². The minimum Gasteiger partial charge on any atom is -0.336 e. The van der Waals surface area contributed by atoms with Gasteiger partial charge in [0.25, 0.3) is 5.91 Å². The molecule has 29 heavy (non-hydrogen) atoms. The standard InChI is InChI=1S/C20H24N8O/c1-12-16(14(3)27(6)23-12)11-25(4)20(29)17-9-19-21-8-7-18(28(19)24-17)15-10-22-26(5)13(15)2/h7-10H,11H2,1-6H3. The predicted octanol–water partition coefficient (Wildman–Crippen LogP) is 2.06. The van der Waals surface area contributed by atoms with Crippen molar-refractivity contribution in [1.82, 2.24) is 39.1 Å². The van der Waals surface area contributed by atoms with Gasteiger partial charge in [0.2, 0.25) is 0 Å². The number of nitrogens with zero attached hydrogens (tertiary/aromatic N) is 8. The summed E-state index contributed by atoms with van der Waals surface area (Å²) in [6.07, 6.45) is 3.52. The third kappa shape index (κ3) is 3.08. The molecule has 9 heteroatoms. The van der Waals surface area contributed by atoms with Crippen molar-refractivity contribution in [2.75, 3.05) is 7.05 Å². The van der Waals surface area contributed by atoms with Crippen LogP contribution in [-0.2, 0) is 20.6 Å². The van der Waals surface area contributed by atoms with Gasteiger partial charge in [-0.25, -0.2) is 9.50 Å². The first kappa shape index (κ1) is 18.9. The SMILES string of the molecule is Cc1nn(C)c(C)c1CN(C)C(=O)c1cc2nccc(-c3cnn(C)c3C)n2n1. The maximum absolute atomic E-state index is 13.0. The average Bonchev–Trinajstić information content (AvgIpc) is 3.34. The van der Waals surface area contributed by atoms with Crippen molar-refractivity contribution >= 4 is 11.6 Å². The largest absolute Gasteiger partial charge is 0.336 e. The minimum atomic E-state index is -0.160. The fourth-order valence-electron chi connectivity index (χ4n) is 3.50. The maximum Gasteiger partial charge on any atom is 0.274 e. The number of fused-ring (bicyclic) bond motifs is 1. The second kappa shape index (κ2) is 6.84. The fourth-order valence-corrected chi connectivity index (χ4v) is 3.50. The summed E-state index contributed by atoms with van der Waals surface area (Å²) in [7, 11) is 5.58. The van der Waals surface area contributed by atoms with E-state index in [9.17, 15) is 4.79 Å². The Morgan fingerprint density at radius 3 is 2.48 bits per heavy atom. The Hall–Kier alpha value is -3.49. The van der Waals surface area contributed by atoms with Crippen molar-refractivity contribution in [3.05, 3.63) is 52.9 Å². The van der Waals surface area contributed by atoms with Crippen molar-refractivity contribution in [3.63, 3.8) is 0 Å². The molecule has 0 saturated carbocycles. The maximum atomic E-state index is 13.0. The van der Waals surface area contributed by atoms with E-state index in [1.165, 1.54) is 0 Å². The Morgan fingerprint density at radius 2 is 1.86 bits per heavy atom. The Kier molecular flexibility index (Phi) is 4.45. The molecule has 0 aliphatic carbocycles. The zero-order valence-corrected chi connectivity index (χ0v) is 17.5. The van der Waals surface area contributed by atoms with E-state index in [1.54, 1.807) is 34.9 Å². The van der Waals surface area contributed by atoms with Crippen molar-refractivity contribution < 1.29 is 4.79 Å². The van der Waals surface area contributed by atoms with Crippen molar-refractivity contribution in [2.45, 2.75) is 27.3 Å². The Bertz CT molecular complexity index is 1230. The highest BCUT2D eigenvalue weighted by Gasteiger charge is 2.21. The van der Waals surface area contributed by atoms with Crippen molar-refractivity contribution in [3.8, 4) is 11.3 Å². The molecule has 0 N–H and O–H groups in total. The van der Waals surface area contributed by atoms with Crippen LogP contribution in [0.4, 0.5) is 0 Å². The van der Waals surface area contributed by atoms with Crippen LogP contribution < -0.4 is 0 Å². The second-order valence-electron chi connectivity index (χ2n) is 7.33. The molecule has 0 aromatic carbocycles. The van der Waals surface area contributed by atoms with E-state index in [-0.39, 0.29) is 5.91 Å². The molecule has 9 nitrogen and oxygen atoms in total. The number of aromatic nitrogens is 7. The smallest absolute Gasteiger partial charge is 0.274 e. The second-order valence-corrected chi connectivity index (χ2v) is 7.33. The summed E-state index contributed by atoms with van der Waals surface area (Å²) < 4.78 is 5.34. The highest BCUT2D eigenvalue weighted by molar-refractivity contribution is 5.93. The number of aryl methyl sites for hydroxylation is 3. The first-order valence-corrected chi connectivity index (χ1v) is 9.36. The number of hydrogen-bond donors (Lipinski definition) is 0. The summed E-state index contributed by atoms with van der Waals surface area (Å²) in [5.74, 6) is -0.160. The lowest BCUT2D eigenvalue weighted by atomic mass is 10.2. The number of carbonyl (C=O) groups is 1. The van der Waals surface area contributed by atoms with Gasteiger partial charge in [0.1, 0.15) is 0 Å². The zero-order chi connectivity index (χ0) is 20.9. The lowest BCUT2D eigenvalue weighted by Gasteiger charge is -2.16. The molecule has 4 aromatic heterocycles. The van der Waals surface area contributed by atoms with Crippen LogP contribution in [0.3, 0.4) is 0 Å². The highest BCUT2D eigenvalue weighted by Crippen LogP contribution is 2.23. The van der Waals surface area contributed by atoms with E-state index in [0.717, 1.165) is 33.9 Å². The van der Waals surface area contributed by atoms with Gasteiger partial charge in [0, 0.05) is 62.5 Å². The molecule has 0 spiro atoms.